The van der Waals surface area contributed by atoms with Crippen molar-refractivity contribution in [3.8, 4) is 23.0 Å². The number of amides is 1. The molecule has 5 rings (SSSR count). The summed E-state index contributed by atoms with van der Waals surface area (Å²) in [4.78, 5) is 13.0. The van der Waals surface area contributed by atoms with Gasteiger partial charge in [0.15, 0.2) is 11.5 Å². The number of rotatable bonds is 5. The van der Waals surface area contributed by atoms with Crippen molar-refractivity contribution in [2.75, 3.05) is 6.79 Å². The third kappa shape index (κ3) is 3.48. The van der Waals surface area contributed by atoms with Gasteiger partial charge in [-0.15, -0.1) is 10.2 Å². The quantitative estimate of drug-likeness (QED) is 0.546. The minimum Gasteiger partial charge on any atom is -0.454 e. The topological polar surface area (TPSA) is 86.5 Å². The minimum atomic E-state index is -0.603. The van der Waals surface area contributed by atoms with Crippen LogP contribution in [0.25, 0.3) is 11.5 Å². The highest BCUT2D eigenvalue weighted by Crippen LogP contribution is 2.33. The Morgan fingerprint density at radius 1 is 0.867 bits per heavy atom. The van der Waals surface area contributed by atoms with E-state index in [1.807, 2.05) is 60.7 Å². The second-order valence-electron chi connectivity index (χ2n) is 6.70. The summed E-state index contributed by atoms with van der Waals surface area (Å²) in [5, 5.41) is 11.3. The zero-order chi connectivity index (χ0) is 20.3. The van der Waals surface area contributed by atoms with Gasteiger partial charge in [-0.1, -0.05) is 48.5 Å². The van der Waals surface area contributed by atoms with Crippen LogP contribution >= 0.6 is 0 Å². The van der Waals surface area contributed by atoms with E-state index in [9.17, 15) is 4.79 Å². The van der Waals surface area contributed by atoms with Crippen molar-refractivity contribution in [2.45, 2.75) is 6.04 Å². The third-order valence-electron chi connectivity index (χ3n) is 4.75. The number of carbonyl (C=O) groups excluding carboxylic acids is 1. The van der Waals surface area contributed by atoms with Gasteiger partial charge in [0, 0.05) is 11.1 Å². The van der Waals surface area contributed by atoms with Gasteiger partial charge in [0.25, 0.3) is 5.91 Å². The van der Waals surface area contributed by atoms with Gasteiger partial charge in [0.05, 0.1) is 0 Å². The van der Waals surface area contributed by atoms with Crippen LogP contribution in [-0.2, 0) is 0 Å². The second kappa shape index (κ2) is 7.71. The van der Waals surface area contributed by atoms with Gasteiger partial charge in [-0.3, -0.25) is 4.79 Å². The molecule has 0 unspecified atom stereocenters. The molecule has 0 saturated carbocycles. The molecule has 1 atom stereocenters. The molecule has 0 bridgehead atoms. The van der Waals surface area contributed by atoms with E-state index in [1.54, 1.807) is 18.2 Å². The molecule has 0 aliphatic carbocycles. The molecule has 3 aromatic carbocycles. The van der Waals surface area contributed by atoms with Crippen molar-refractivity contribution >= 4 is 5.91 Å². The zero-order valence-corrected chi connectivity index (χ0v) is 15.8. The highest BCUT2D eigenvalue weighted by Gasteiger charge is 2.25. The van der Waals surface area contributed by atoms with Crippen LogP contribution in [0.3, 0.4) is 0 Å². The van der Waals surface area contributed by atoms with Crippen LogP contribution in [-0.4, -0.2) is 22.9 Å². The molecule has 0 spiro atoms. The van der Waals surface area contributed by atoms with Gasteiger partial charge in [-0.25, -0.2) is 0 Å². The van der Waals surface area contributed by atoms with Gasteiger partial charge in [0.2, 0.25) is 18.6 Å². The second-order valence-corrected chi connectivity index (χ2v) is 6.70. The summed E-state index contributed by atoms with van der Waals surface area (Å²) < 4.78 is 16.6. The van der Waals surface area contributed by atoms with Crippen LogP contribution in [0.5, 0.6) is 11.5 Å². The predicted molar refractivity (Wildman–Crippen MR) is 108 cm³/mol. The standard InChI is InChI=1S/C23H17N3O4/c27-21(17-11-12-18-19(13-17)29-14-28-18)24-20(15-7-3-1-4-8-15)23-26-25-22(30-23)16-9-5-2-6-10-16/h1-13,20H,14H2,(H,24,27)/t20-/m0/s1. The monoisotopic (exact) mass is 399 g/mol. The van der Waals surface area contributed by atoms with E-state index < -0.39 is 6.04 Å². The Balaban J connectivity index is 1.46. The lowest BCUT2D eigenvalue weighted by Crippen LogP contribution is -2.29. The van der Waals surface area contributed by atoms with Gasteiger partial charge in [-0.05, 0) is 35.9 Å². The normalized spacial score (nSPS) is 13.1. The summed E-state index contributed by atoms with van der Waals surface area (Å²) in [5.74, 6) is 1.57. The van der Waals surface area contributed by atoms with Gasteiger partial charge >= 0.3 is 0 Å². The molecule has 0 fully saturated rings. The molecule has 1 aliphatic rings. The van der Waals surface area contributed by atoms with Gasteiger partial charge < -0.3 is 19.2 Å². The maximum absolute atomic E-state index is 13.0. The molecule has 1 amide bonds. The predicted octanol–water partition coefficient (Wildman–Crippen LogP) is 3.98. The fraction of sp³-hybridized carbons (Fsp3) is 0.0870. The third-order valence-corrected chi connectivity index (χ3v) is 4.75. The lowest BCUT2D eigenvalue weighted by Gasteiger charge is -2.16. The van der Waals surface area contributed by atoms with Crippen LogP contribution < -0.4 is 14.8 Å². The van der Waals surface area contributed by atoms with E-state index >= 15 is 0 Å². The molecule has 0 radical (unpaired) electrons. The van der Waals surface area contributed by atoms with E-state index in [2.05, 4.69) is 15.5 Å². The number of ether oxygens (including phenoxy) is 2. The Morgan fingerprint density at radius 3 is 2.40 bits per heavy atom. The summed E-state index contributed by atoms with van der Waals surface area (Å²) in [7, 11) is 0. The molecule has 1 aliphatic heterocycles. The molecule has 148 valence electrons. The molecule has 1 N–H and O–H groups in total. The molecule has 7 heteroatoms. The Morgan fingerprint density at radius 2 is 1.60 bits per heavy atom. The molecule has 1 aromatic heterocycles. The summed E-state index contributed by atoms with van der Waals surface area (Å²) in [5.41, 5.74) is 2.09. The summed E-state index contributed by atoms with van der Waals surface area (Å²) >= 11 is 0. The van der Waals surface area contributed by atoms with Crippen LogP contribution in [0.15, 0.2) is 83.3 Å². The molecule has 2 heterocycles. The number of benzene rings is 3. The molecular weight excluding hydrogens is 382 g/mol. The maximum atomic E-state index is 13.0. The SMILES string of the molecule is O=C(N[C@@H](c1ccccc1)c1nnc(-c2ccccc2)o1)c1ccc2c(c1)OCO2. The Labute approximate surface area is 172 Å². The highest BCUT2D eigenvalue weighted by molar-refractivity contribution is 5.95. The number of fused-ring (bicyclic) bond motifs is 1. The van der Waals surface area contributed by atoms with Crippen LogP contribution in [0.1, 0.15) is 27.9 Å². The van der Waals surface area contributed by atoms with Crippen molar-refractivity contribution < 1.29 is 18.7 Å². The zero-order valence-electron chi connectivity index (χ0n) is 15.8. The summed E-state index contributed by atoms with van der Waals surface area (Å²) in [6.07, 6.45) is 0. The first kappa shape index (κ1) is 17.9. The summed E-state index contributed by atoms with van der Waals surface area (Å²) in [6, 6.07) is 23.4. The van der Waals surface area contributed by atoms with Crippen molar-refractivity contribution in [1.82, 2.24) is 15.5 Å². The lowest BCUT2D eigenvalue weighted by molar-refractivity contribution is 0.0937. The van der Waals surface area contributed by atoms with Gasteiger partial charge in [0.1, 0.15) is 6.04 Å². The molecule has 30 heavy (non-hydrogen) atoms. The number of hydrogen-bond acceptors (Lipinski definition) is 6. The van der Waals surface area contributed by atoms with E-state index in [-0.39, 0.29) is 12.7 Å². The van der Waals surface area contributed by atoms with Crippen LogP contribution in [0.4, 0.5) is 0 Å². The van der Waals surface area contributed by atoms with Crippen molar-refractivity contribution in [2.24, 2.45) is 0 Å². The number of carbonyl (C=O) groups is 1. The summed E-state index contributed by atoms with van der Waals surface area (Å²) in [6.45, 7) is 0.150. The Kier molecular flexibility index (Phi) is 4.61. The molecular formula is C23H17N3O4. The van der Waals surface area contributed by atoms with Crippen LogP contribution in [0, 0.1) is 0 Å². The largest absolute Gasteiger partial charge is 0.454 e. The minimum absolute atomic E-state index is 0.150. The first-order valence-corrected chi connectivity index (χ1v) is 9.42. The lowest BCUT2D eigenvalue weighted by atomic mass is 10.1. The first-order chi connectivity index (χ1) is 14.8. The van der Waals surface area contributed by atoms with Crippen molar-refractivity contribution in [3.05, 3.63) is 95.9 Å². The fourth-order valence-electron chi connectivity index (χ4n) is 3.23. The number of nitrogens with zero attached hydrogens (tertiary/aromatic N) is 2. The van der Waals surface area contributed by atoms with Crippen molar-refractivity contribution in [1.29, 1.82) is 0 Å². The molecule has 0 saturated heterocycles. The Hall–Kier alpha value is -4.13. The van der Waals surface area contributed by atoms with Crippen molar-refractivity contribution in [3.63, 3.8) is 0 Å². The Bertz CT molecular complexity index is 1180. The van der Waals surface area contributed by atoms with E-state index in [4.69, 9.17) is 13.9 Å². The maximum Gasteiger partial charge on any atom is 0.252 e. The van der Waals surface area contributed by atoms with Crippen LogP contribution in [0.2, 0.25) is 0 Å². The average Bonchev–Trinajstić information content (AvgIpc) is 3.48. The molecule has 7 nitrogen and oxygen atoms in total. The van der Waals surface area contributed by atoms with E-state index in [1.165, 1.54) is 0 Å². The smallest absolute Gasteiger partial charge is 0.252 e. The average molecular weight is 399 g/mol. The first-order valence-electron chi connectivity index (χ1n) is 9.42. The highest BCUT2D eigenvalue weighted by atomic mass is 16.7. The van der Waals surface area contributed by atoms with E-state index in [0.717, 1.165) is 11.1 Å². The van der Waals surface area contributed by atoms with E-state index in [0.29, 0.717) is 28.8 Å². The van der Waals surface area contributed by atoms with Gasteiger partial charge in [-0.2, -0.15) is 0 Å². The molecule has 4 aromatic rings. The fourth-order valence-corrected chi connectivity index (χ4v) is 3.23. The number of aromatic nitrogens is 2. The number of nitrogens with one attached hydrogen (secondary N) is 1. The number of hydrogen-bond donors (Lipinski definition) is 1.